The van der Waals surface area contributed by atoms with Crippen LogP contribution in [0, 0.1) is 0 Å². The third-order valence-corrected chi connectivity index (χ3v) is 2.94. The Bertz CT molecular complexity index is 661. The van der Waals surface area contributed by atoms with Crippen molar-refractivity contribution < 1.29 is 24.2 Å². The van der Waals surface area contributed by atoms with Crippen LogP contribution in [0.2, 0.25) is 0 Å². The summed E-state index contributed by atoms with van der Waals surface area (Å²) in [5.74, 6) is -0.350. The number of hydrogen-bond donors (Lipinski definition) is 1. The Morgan fingerprint density at radius 1 is 1.05 bits per heavy atom. The van der Waals surface area contributed by atoms with Crippen LogP contribution < -0.4 is 4.74 Å². The molecule has 0 heterocycles. The summed E-state index contributed by atoms with van der Waals surface area (Å²) in [6.45, 7) is 1.85. The maximum atomic E-state index is 11.9. The van der Waals surface area contributed by atoms with Crippen molar-refractivity contribution >= 4 is 11.8 Å². The first-order valence-electron chi connectivity index (χ1n) is 6.83. The Labute approximate surface area is 128 Å². The summed E-state index contributed by atoms with van der Waals surface area (Å²) >= 11 is 0. The first kappa shape index (κ1) is 15.6. The fourth-order valence-electron chi connectivity index (χ4n) is 1.84. The van der Waals surface area contributed by atoms with Crippen LogP contribution in [0.1, 0.15) is 27.6 Å². The van der Waals surface area contributed by atoms with Crippen molar-refractivity contribution in [2.75, 3.05) is 13.2 Å². The molecule has 1 N–H and O–H groups in total. The predicted octanol–water partition coefficient (Wildman–Crippen LogP) is 2.83. The van der Waals surface area contributed by atoms with E-state index in [-0.39, 0.29) is 23.7 Å². The summed E-state index contributed by atoms with van der Waals surface area (Å²) in [5.41, 5.74) is 0.631. The molecule has 0 saturated heterocycles. The van der Waals surface area contributed by atoms with E-state index >= 15 is 0 Å². The quantitative estimate of drug-likeness (QED) is 0.656. The summed E-state index contributed by atoms with van der Waals surface area (Å²) in [4.78, 5) is 23.4. The largest absolute Gasteiger partial charge is 0.507 e. The summed E-state index contributed by atoms with van der Waals surface area (Å²) in [5, 5.41) is 9.60. The van der Waals surface area contributed by atoms with E-state index in [1.165, 1.54) is 12.1 Å². The number of carbonyl (C=O) groups is 2. The lowest BCUT2D eigenvalue weighted by Gasteiger charge is -2.07. The van der Waals surface area contributed by atoms with Crippen LogP contribution in [-0.2, 0) is 4.74 Å². The van der Waals surface area contributed by atoms with Gasteiger partial charge in [0.15, 0.2) is 6.61 Å². The van der Waals surface area contributed by atoms with Gasteiger partial charge in [0.1, 0.15) is 11.5 Å². The van der Waals surface area contributed by atoms with Gasteiger partial charge in [0.2, 0.25) is 5.78 Å². The third-order valence-electron chi connectivity index (χ3n) is 2.94. The number of ketones is 1. The molecule has 2 aromatic rings. The fourth-order valence-corrected chi connectivity index (χ4v) is 1.84. The summed E-state index contributed by atoms with van der Waals surface area (Å²) in [6, 6.07) is 12.6. The van der Waals surface area contributed by atoms with E-state index in [0.717, 1.165) is 0 Å². The highest BCUT2D eigenvalue weighted by Gasteiger charge is 2.11. The molecule has 22 heavy (non-hydrogen) atoms. The first-order chi connectivity index (χ1) is 10.6. The average Bonchev–Trinajstić information content (AvgIpc) is 2.54. The number of benzene rings is 2. The number of hydrogen-bond acceptors (Lipinski definition) is 5. The van der Waals surface area contributed by atoms with Gasteiger partial charge in [0, 0.05) is 0 Å². The molecule has 0 aromatic heterocycles. The number of phenols is 1. The normalized spacial score (nSPS) is 10.0. The molecule has 0 atom stereocenters. The second kappa shape index (κ2) is 7.26. The van der Waals surface area contributed by atoms with Crippen LogP contribution in [0.15, 0.2) is 48.5 Å². The molecule has 0 spiro atoms. The van der Waals surface area contributed by atoms with Crippen molar-refractivity contribution in [3.8, 4) is 11.5 Å². The molecule has 0 aliphatic carbocycles. The minimum atomic E-state index is -0.403. The lowest BCUT2D eigenvalue weighted by Crippen LogP contribution is -2.12. The molecule has 0 aliphatic rings. The van der Waals surface area contributed by atoms with Gasteiger partial charge < -0.3 is 14.6 Å². The molecule has 2 rings (SSSR count). The molecule has 5 heteroatoms. The highest BCUT2D eigenvalue weighted by Crippen LogP contribution is 2.18. The van der Waals surface area contributed by atoms with E-state index in [1.807, 2.05) is 0 Å². The van der Waals surface area contributed by atoms with Crippen molar-refractivity contribution in [1.29, 1.82) is 0 Å². The molecule has 5 nitrogen and oxygen atoms in total. The van der Waals surface area contributed by atoms with Crippen LogP contribution in [-0.4, -0.2) is 30.1 Å². The van der Waals surface area contributed by atoms with Gasteiger partial charge in [-0.05, 0) is 43.3 Å². The number of para-hydroxylation sites is 1. The number of Topliss-reactive ketones (excluding diaryl/α,β-unsaturated/α-hetero) is 1. The van der Waals surface area contributed by atoms with Gasteiger partial charge in [0.25, 0.3) is 0 Å². The lowest BCUT2D eigenvalue weighted by molar-refractivity contribution is 0.0526. The molecule has 0 unspecified atom stereocenters. The van der Waals surface area contributed by atoms with Crippen LogP contribution in [0.25, 0.3) is 0 Å². The van der Waals surface area contributed by atoms with Crippen molar-refractivity contribution in [3.05, 3.63) is 59.7 Å². The maximum Gasteiger partial charge on any atom is 0.338 e. The SMILES string of the molecule is CCOC(=O)c1ccc(OCC(=O)c2ccccc2O)cc1. The van der Waals surface area contributed by atoms with E-state index in [1.54, 1.807) is 43.3 Å². The monoisotopic (exact) mass is 300 g/mol. The topological polar surface area (TPSA) is 72.8 Å². The molecule has 0 radical (unpaired) electrons. The van der Waals surface area contributed by atoms with Crippen molar-refractivity contribution in [2.45, 2.75) is 6.92 Å². The Morgan fingerprint density at radius 2 is 1.73 bits per heavy atom. The zero-order valence-corrected chi connectivity index (χ0v) is 12.1. The second-order valence-corrected chi connectivity index (χ2v) is 4.47. The van der Waals surface area contributed by atoms with E-state index in [2.05, 4.69) is 0 Å². The summed E-state index contributed by atoms with van der Waals surface area (Å²) in [7, 11) is 0. The van der Waals surface area contributed by atoms with Gasteiger partial charge in [-0.2, -0.15) is 0 Å². The van der Waals surface area contributed by atoms with Crippen LogP contribution in [0.4, 0.5) is 0 Å². The Balaban J connectivity index is 1.96. The Morgan fingerprint density at radius 3 is 2.36 bits per heavy atom. The van der Waals surface area contributed by atoms with Crippen molar-refractivity contribution in [2.24, 2.45) is 0 Å². The summed E-state index contributed by atoms with van der Waals surface area (Å²) < 4.78 is 10.2. The second-order valence-electron chi connectivity index (χ2n) is 4.47. The molecular weight excluding hydrogens is 284 g/mol. The van der Waals surface area contributed by atoms with Gasteiger partial charge in [-0.25, -0.2) is 4.79 Å². The molecule has 0 fully saturated rings. The van der Waals surface area contributed by atoms with Crippen LogP contribution >= 0.6 is 0 Å². The maximum absolute atomic E-state index is 11.9. The third kappa shape index (κ3) is 3.85. The average molecular weight is 300 g/mol. The van der Waals surface area contributed by atoms with Crippen molar-refractivity contribution in [1.82, 2.24) is 0 Å². The van der Waals surface area contributed by atoms with E-state index < -0.39 is 5.97 Å². The number of rotatable bonds is 6. The van der Waals surface area contributed by atoms with Gasteiger partial charge in [-0.1, -0.05) is 12.1 Å². The Kier molecular flexibility index (Phi) is 5.14. The van der Waals surface area contributed by atoms with Crippen molar-refractivity contribution in [3.63, 3.8) is 0 Å². The molecule has 2 aromatic carbocycles. The summed E-state index contributed by atoms with van der Waals surface area (Å²) in [6.07, 6.45) is 0. The molecule has 0 bridgehead atoms. The smallest absolute Gasteiger partial charge is 0.338 e. The van der Waals surface area contributed by atoms with Gasteiger partial charge in [-0.15, -0.1) is 0 Å². The van der Waals surface area contributed by atoms with E-state index in [9.17, 15) is 14.7 Å². The standard InChI is InChI=1S/C17H16O5/c1-2-21-17(20)12-7-9-13(10-8-12)22-11-16(19)14-5-3-4-6-15(14)18/h3-10,18H,2,11H2,1H3. The highest BCUT2D eigenvalue weighted by molar-refractivity contribution is 5.99. The van der Waals surface area contributed by atoms with Crippen LogP contribution in [0.3, 0.4) is 0 Å². The van der Waals surface area contributed by atoms with E-state index in [0.29, 0.717) is 17.9 Å². The minimum absolute atomic E-state index is 0.0752. The van der Waals surface area contributed by atoms with E-state index in [4.69, 9.17) is 9.47 Å². The molecule has 114 valence electrons. The number of ether oxygens (including phenoxy) is 2. The first-order valence-corrected chi connectivity index (χ1v) is 6.83. The van der Waals surface area contributed by atoms with Gasteiger partial charge in [0.05, 0.1) is 17.7 Å². The molecular formula is C17H16O5. The zero-order valence-electron chi connectivity index (χ0n) is 12.1. The minimum Gasteiger partial charge on any atom is -0.507 e. The molecule has 0 aliphatic heterocycles. The molecule has 0 amide bonds. The number of phenolic OH excluding ortho intramolecular Hbond substituents is 1. The lowest BCUT2D eigenvalue weighted by atomic mass is 10.1. The predicted molar refractivity (Wildman–Crippen MR) is 80.3 cm³/mol. The highest BCUT2D eigenvalue weighted by atomic mass is 16.5. The van der Waals surface area contributed by atoms with Gasteiger partial charge >= 0.3 is 5.97 Å². The zero-order chi connectivity index (χ0) is 15.9. The number of esters is 1. The fraction of sp³-hybridized carbons (Fsp3) is 0.176. The number of aromatic hydroxyl groups is 1. The van der Waals surface area contributed by atoms with Gasteiger partial charge in [-0.3, -0.25) is 4.79 Å². The van der Waals surface area contributed by atoms with Crippen LogP contribution in [0.5, 0.6) is 11.5 Å². The number of carbonyl (C=O) groups excluding carboxylic acids is 2. The Hall–Kier alpha value is -2.82. The molecule has 0 saturated carbocycles.